The van der Waals surface area contributed by atoms with E-state index < -0.39 is 0 Å². The Kier molecular flexibility index (Phi) is 5.33. The van der Waals surface area contributed by atoms with Gasteiger partial charge in [0.2, 0.25) is 0 Å². The summed E-state index contributed by atoms with van der Waals surface area (Å²) in [7, 11) is 1.72. The lowest BCUT2D eigenvalue weighted by Gasteiger charge is -2.18. The second-order valence-electron chi connectivity index (χ2n) is 4.71. The normalized spacial score (nSPS) is 12.9. The molecular weight excluding hydrogens is 264 g/mol. The van der Waals surface area contributed by atoms with Crippen molar-refractivity contribution in [2.45, 2.75) is 33.1 Å². The van der Waals surface area contributed by atoms with Gasteiger partial charge in [0.05, 0.1) is 7.11 Å². The number of halogens is 1. The van der Waals surface area contributed by atoms with Gasteiger partial charge in [0.1, 0.15) is 5.75 Å². The van der Waals surface area contributed by atoms with Crippen LogP contribution in [-0.2, 0) is 0 Å². The predicted molar refractivity (Wildman–Crippen MR) is 73.7 cm³/mol. The minimum atomic E-state index is 0.601. The molecular formula is C14H21BrO. The number of hydrogen-bond acceptors (Lipinski definition) is 1. The van der Waals surface area contributed by atoms with Crippen LogP contribution in [0.3, 0.4) is 0 Å². The van der Waals surface area contributed by atoms with Gasteiger partial charge in [-0.3, -0.25) is 0 Å². The Bertz CT molecular complexity index is 334. The monoisotopic (exact) mass is 284 g/mol. The second kappa shape index (κ2) is 6.29. The van der Waals surface area contributed by atoms with Crippen LogP contribution < -0.4 is 4.74 Å². The third-order valence-electron chi connectivity index (χ3n) is 2.83. The number of aryl methyl sites for hydroxylation is 1. The molecule has 90 valence electrons. The van der Waals surface area contributed by atoms with Crippen molar-refractivity contribution in [2.24, 2.45) is 5.92 Å². The fourth-order valence-electron chi connectivity index (χ4n) is 2.01. The van der Waals surface area contributed by atoms with E-state index in [2.05, 4.69) is 54.9 Å². The van der Waals surface area contributed by atoms with Crippen molar-refractivity contribution < 1.29 is 4.74 Å². The Morgan fingerprint density at radius 2 is 2.00 bits per heavy atom. The number of benzene rings is 1. The second-order valence-corrected chi connectivity index (χ2v) is 5.36. The molecule has 0 aliphatic heterocycles. The number of hydrogen-bond donors (Lipinski definition) is 0. The maximum Gasteiger partial charge on any atom is 0.121 e. The molecule has 2 heteroatoms. The zero-order valence-corrected chi connectivity index (χ0v) is 12.2. The topological polar surface area (TPSA) is 9.23 Å². The SMILES string of the molecule is COc1ccc(C(CBr)CC(C)C)cc1C. The predicted octanol–water partition coefficient (Wildman–Crippen LogP) is 4.53. The molecule has 0 fully saturated rings. The van der Waals surface area contributed by atoms with E-state index in [0.29, 0.717) is 5.92 Å². The van der Waals surface area contributed by atoms with E-state index in [-0.39, 0.29) is 0 Å². The highest BCUT2D eigenvalue weighted by Crippen LogP contribution is 2.29. The van der Waals surface area contributed by atoms with Crippen molar-refractivity contribution in [3.8, 4) is 5.75 Å². The molecule has 1 rings (SSSR count). The molecule has 0 spiro atoms. The van der Waals surface area contributed by atoms with Gasteiger partial charge in [0.15, 0.2) is 0 Å². The van der Waals surface area contributed by atoms with Crippen molar-refractivity contribution in [2.75, 3.05) is 12.4 Å². The lowest BCUT2D eigenvalue weighted by Crippen LogP contribution is -2.05. The summed E-state index contributed by atoms with van der Waals surface area (Å²) in [6.07, 6.45) is 1.22. The Hall–Kier alpha value is -0.500. The maximum absolute atomic E-state index is 5.28. The molecule has 0 radical (unpaired) electrons. The number of alkyl halides is 1. The lowest BCUT2D eigenvalue weighted by molar-refractivity contribution is 0.411. The van der Waals surface area contributed by atoms with Gasteiger partial charge in [-0.25, -0.2) is 0 Å². The first-order valence-electron chi connectivity index (χ1n) is 5.79. The van der Waals surface area contributed by atoms with Crippen molar-refractivity contribution in [1.29, 1.82) is 0 Å². The van der Waals surface area contributed by atoms with Gasteiger partial charge in [0.25, 0.3) is 0 Å². The molecule has 0 amide bonds. The molecule has 1 aromatic rings. The van der Waals surface area contributed by atoms with Gasteiger partial charge >= 0.3 is 0 Å². The van der Waals surface area contributed by atoms with E-state index in [1.54, 1.807) is 7.11 Å². The molecule has 0 N–H and O–H groups in total. The molecule has 0 heterocycles. The molecule has 0 aromatic heterocycles. The fraction of sp³-hybridized carbons (Fsp3) is 0.571. The first-order chi connectivity index (χ1) is 7.58. The molecule has 0 aliphatic carbocycles. The van der Waals surface area contributed by atoms with Crippen LogP contribution in [0.2, 0.25) is 0 Å². The van der Waals surface area contributed by atoms with Crippen LogP contribution in [0.1, 0.15) is 37.3 Å². The summed E-state index contributed by atoms with van der Waals surface area (Å²) in [6, 6.07) is 6.49. The van der Waals surface area contributed by atoms with Crippen molar-refractivity contribution in [1.82, 2.24) is 0 Å². The zero-order chi connectivity index (χ0) is 12.1. The maximum atomic E-state index is 5.28. The Balaban J connectivity index is 2.89. The van der Waals surface area contributed by atoms with E-state index in [4.69, 9.17) is 4.74 Å². The van der Waals surface area contributed by atoms with Crippen LogP contribution in [0.25, 0.3) is 0 Å². The van der Waals surface area contributed by atoms with Gasteiger partial charge in [-0.2, -0.15) is 0 Å². The van der Waals surface area contributed by atoms with Gasteiger partial charge in [-0.15, -0.1) is 0 Å². The van der Waals surface area contributed by atoms with Crippen molar-refractivity contribution in [3.05, 3.63) is 29.3 Å². The Labute approximate surface area is 107 Å². The summed E-state index contributed by atoms with van der Waals surface area (Å²) in [6.45, 7) is 6.64. The highest BCUT2D eigenvalue weighted by Gasteiger charge is 2.13. The van der Waals surface area contributed by atoms with Crippen LogP contribution in [0, 0.1) is 12.8 Å². The smallest absolute Gasteiger partial charge is 0.121 e. The average molecular weight is 285 g/mol. The highest BCUT2D eigenvalue weighted by molar-refractivity contribution is 9.09. The van der Waals surface area contributed by atoms with Crippen LogP contribution in [0.15, 0.2) is 18.2 Å². The number of methoxy groups -OCH3 is 1. The van der Waals surface area contributed by atoms with Crippen molar-refractivity contribution >= 4 is 15.9 Å². The third kappa shape index (κ3) is 3.51. The first kappa shape index (κ1) is 13.6. The molecule has 0 saturated carbocycles. The summed E-state index contributed by atoms with van der Waals surface area (Å²) in [5.74, 6) is 2.30. The number of ether oxygens (including phenoxy) is 1. The summed E-state index contributed by atoms with van der Waals surface area (Å²) >= 11 is 3.61. The summed E-state index contributed by atoms with van der Waals surface area (Å²) in [4.78, 5) is 0. The van der Waals surface area contributed by atoms with Gasteiger partial charge < -0.3 is 4.74 Å². The molecule has 16 heavy (non-hydrogen) atoms. The van der Waals surface area contributed by atoms with E-state index in [0.717, 1.165) is 17.0 Å². The number of rotatable bonds is 5. The van der Waals surface area contributed by atoms with Crippen LogP contribution >= 0.6 is 15.9 Å². The van der Waals surface area contributed by atoms with Crippen LogP contribution in [0.4, 0.5) is 0 Å². The quantitative estimate of drug-likeness (QED) is 0.722. The van der Waals surface area contributed by atoms with E-state index in [1.807, 2.05) is 0 Å². The molecule has 1 aromatic carbocycles. The van der Waals surface area contributed by atoms with E-state index in [1.165, 1.54) is 17.5 Å². The standard InChI is InChI=1S/C14H21BrO/c1-10(2)7-13(9-15)12-5-6-14(16-4)11(3)8-12/h5-6,8,10,13H,7,9H2,1-4H3. The van der Waals surface area contributed by atoms with E-state index in [9.17, 15) is 0 Å². The first-order valence-corrected chi connectivity index (χ1v) is 6.91. The van der Waals surface area contributed by atoms with Crippen molar-refractivity contribution in [3.63, 3.8) is 0 Å². The largest absolute Gasteiger partial charge is 0.496 e. The summed E-state index contributed by atoms with van der Waals surface area (Å²) in [5, 5.41) is 1.02. The van der Waals surface area contributed by atoms with Gasteiger partial charge in [-0.1, -0.05) is 41.9 Å². The Morgan fingerprint density at radius 3 is 2.44 bits per heavy atom. The van der Waals surface area contributed by atoms with Crippen LogP contribution in [0.5, 0.6) is 5.75 Å². The molecule has 0 aliphatic rings. The molecule has 0 saturated heterocycles. The summed E-state index contributed by atoms with van der Waals surface area (Å²) in [5.41, 5.74) is 2.62. The minimum absolute atomic E-state index is 0.601. The van der Waals surface area contributed by atoms with Gasteiger partial charge in [0, 0.05) is 5.33 Å². The van der Waals surface area contributed by atoms with Gasteiger partial charge in [-0.05, 0) is 42.4 Å². The fourth-order valence-corrected chi connectivity index (χ4v) is 2.65. The third-order valence-corrected chi connectivity index (χ3v) is 3.61. The van der Waals surface area contributed by atoms with E-state index >= 15 is 0 Å². The summed E-state index contributed by atoms with van der Waals surface area (Å²) < 4.78 is 5.28. The molecule has 1 nitrogen and oxygen atoms in total. The molecule has 0 bridgehead atoms. The Morgan fingerprint density at radius 1 is 1.31 bits per heavy atom. The molecule has 1 unspecified atom stereocenters. The minimum Gasteiger partial charge on any atom is -0.496 e. The molecule has 1 atom stereocenters. The zero-order valence-electron chi connectivity index (χ0n) is 10.6. The highest BCUT2D eigenvalue weighted by atomic mass is 79.9. The average Bonchev–Trinajstić information content (AvgIpc) is 2.25. The lowest BCUT2D eigenvalue weighted by atomic mass is 9.91. The van der Waals surface area contributed by atoms with Crippen LogP contribution in [-0.4, -0.2) is 12.4 Å².